The monoisotopic (exact) mass is 376 g/mol. The predicted octanol–water partition coefficient (Wildman–Crippen LogP) is 2.98. The molecular weight excluding hydrogens is 356 g/mol. The minimum absolute atomic E-state index is 0.272. The Kier molecular flexibility index (Phi) is 5.96. The van der Waals surface area contributed by atoms with Crippen LogP contribution >= 0.6 is 0 Å². The molecule has 2 amide bonds. The van der Waals surface area contributed by atoms with Crippen molar-refractivity contribution in [3.8, 4) is 5.75 Å². The normalized spacial score (nSPS) is 10.2. The number of carbonyl (C=O) groups is 2. The Hall–Kier alpha value is -3.74. The van der Waals surface area contributed by atoms with Gasteiger partial charge in [-0.1, -0.05) is 12.1 Å². The lowest BCUT2D eigenvalue weighted by atomic mass is 10.1. The molecule has 0 aliphatic carbocycles. The third kappa shape index (κ3) is 4.70. The standard InChI is InChI=1S/C21H20N4O3/c1-14-6-7-19(28-2)18(9-14)25-21(27)16-10-15(11-22-12-16)20(26)24-13-17-5-3-4-8-23-17/h3-12H,13H2,1-2H3,(H,24,26)(H,25,27). The number of anilines is 1. The van der Waals surface area contributed by atoms with Gasteiger partial charge in [-0.3, -0.25) is 19.6 Å². The number of nitrogens with one attached hydrogen (secondary N) is 2. The Morgan fingerprint density at radius 2 is 1.82 bits per heavy atom. The van der Waals surface area contributed by atoms with E-state index in [-0.39, 0.29) is 23.9 Å². The van der Waals surface area contributed by atoms with Crippen LogP contribution in [0.1, 0.15) is 32.0 Å². The molecule has 7 heteroatoms. The lowest BCUT2D eigenvalue weighted by Crippen LogP contribution is -2.24. The first-order valence-corrected chi connectivity index (χ1v) is 8.66. The van der Waals surface area contributed by atoms with Gasteiger partial charge in [0.05, 0.1) is 36.2 Å². The van der Waals surface area contributed by atoms with Gasteiger partial charge in [0.15, 0.2) is 0 Å². The van der Waals surface area contributed by atoms with Gasteiger partial charge in [0, 0.05) is 18.6 Å². The molecular formula is C21H20N4O3. The van der Waals surface area contributed by atoms with Crippen LogP contribution in [0.25, 0.3) is 0 Å². The number of hydrogen-bond acceptors (Lipinski definition) is 5. The van der Waals surface area contributed by atoms with Crippen LogP contribution < -0.4 is 15.4 Å². The molecule has 0 radical (unpaired) electrons. The molecule has 7 nitrogen and oxygen atoms in total. The average molecular weight is 376 g/mol. The largest absolute Gasteiger partial charge is 0.495 e. The lowest BCUT2D eigenvalue weighted by Gasteiger charge is -2.11. The van der Waals surface area contributed by atoms with Crippen LogP contribution in [0.2, 0.25) is 0 Å². The van der Waals surface area contributed by atoms with Crippen molar-refractivity contribution in [2.75, 3.05) is 12.4 Å². The van der Waals surface area contributed by atoms with Crippen molar-refractivity contribution in [3.05, 3.63) is 83.4 Å². The number of benzene rings is 1. The van der Waals surface area contributed by atoms with Crippen molar-refractivity contribution in [2.45, 2.75) is 13.5 Å². The minimum atomic E-state index is -0.379. The molecule has 0 aliphatic heterocycles. The fourth-order valence-corrected chi connectivity index (χ4v) is 2.58. The number of rotatable bonds is 6. The highest BCUT2D eigenvalue weighted by Crippen LogP contribution is 2.25. The predicted molar refractivity (Wildman–Crippen MR) is 105 cm³/mol. The molecule has 0 spiro atoms. The van der Waals surface area contributed by atoms with E-state index in [1.807, 2.05) is 31.2 Å². The number of pyridine rings is 2. The number of aromatic nitrogens is 2. The number of hydrogen-bond donors (Lipinski definition) is 2. The lowest BCUT2D eigenvalue weighted by molar-refractivity contribution is 0.0950. The van der Waals surface area contributed by atoms with E-state index in [1.165, 1.54) is 25.6 Å². The Labute approximate surface area is 162 Å². The summed E-state index contributed by atoms with van der Waals surface area (Å²) in [4.78, 5) is 33.1. The Balaban J connectivity index is 1.71. The smallest absolute Gasteiger partial charge is 0.257 e. The van der Waals surface area contributed by atoms with Gasteiger partial charge in [-0.05, 0) is 42.8 Å². The molecule has 142 valence electrons. The summed E-state index contributed by atoms with van der Waals surface area (Å²) in [7, 11) is 1.54. The molecule has 0 fully saturated rings. The van der Waals surface area contributed by atoms with E-state index < -0.39 is 0 Å². The van der Waals surface area contributed by atoms with E-state index in [0.717, 1.165) is 11.3 Å². The second-order valence-electron chi connectivity index (χ2n) is 6.12. The first-order chi connectivity index (χ1) is 13.6. The summed E-state index contributed by atoms with van der Waals surface area (Å²) in [5.74, 6) is -0.159. The van der Waals surface area contributed by atoms with Crippen LogP contribution in [-0.4, -0.2) is 28.9 Å². The quantitative estimate of drug-likeness (QED) is 0.690. The third-order valence-corrected chi connectivity index (χ3v) is 4.02. The average Bonchev–Trinajstić information content (AvgIpc) is 2.73. The van der Waals surface area contributed by atoms with E-state index in [2.05, 4.69) is 20.6 Å². The summed E-state index contributed by atoms with van der Waals surface area (Å²) in [6.45, 7) is 2.21. The maximum atomic E-state index is 12.6. The maximum Gasteiger partial charge on any atom is 0.257 e. The highest BCUT2D eigenvalue weighted by molar-refractivity contribution is 6.06. The molecule has 2 aromatic heterocycles. The summed E-state index contributed by atoms with van der Waals surface area (Å²) >= 11 is 0. The van der Waals surface area contributed by atoms with Crippen LogP contribution in [0.15, 0.2) is 61.1 Å². The first-order valence-electron chi connectivity index (χ1n) is 8.66. The van der Waals surface area contributed by atoms with Crippen molar-refractivity contribution in [2.24, 2.45) is 0 Å². The van der Waals surface area contributed by atoms with Gasteiger partial charge in [0.1, 0.15) is 5.75 Å². The molecule has 28 heavy (non-hydrogen) atoms. The SMILES string of the molecule is COc1ccc(C)cc1NC(=O)c1cncc(C(=O)NCc2ccccn2)c1. The zero-order valence-corrected chi connectivity index (χ0v) is 15.6. The van der Waals surface area contributed by atoms with E-state index in [1.54, 1.807) is 18.3 Å². The molecule has 2 heterocycles. The minimum Gasteiger partial charge on any atom is -0.495 e. The summed E-state index contributed by atoms with van der Waals surface area (Å²) in [5, 5.41) is 5.56. The Bertz CT molecular complexity index is 990. The van der Waals surface area contributed by atoms with Crippen molar-refractivity contribution in [3.63, 3.8) is 0 Å². The van der Waals surface area contributed by atoms with Crippen LogP contribution in [0, 0.1) is 6.92 Å². The fraction of sp³-hybridized carbons (Fsp3) is 0.143. The number of methoxy groups -OCH3 is 1. The Morgan fingerprint density at radius 1 is 1.04 bits per heavy atom. The zero-order valence-electron chi connectivity index (χ0n) is 15.6. The molecule has 1 aromatic carbocycles. The second-order valence-corrected chi connectivity index (χ2v) is 6.12. The summed E-state index contributed by atoms with van der Waals surface area (Å²) < 4.78 is 5.27. The molecule has 3 aromatic rings. The maximum absolute atomic E-state index is 12.6. The zero-order chi connectivity index (χ0) is 19.9. The second kappa shape index (κ2) is 8.77. The molecule has 0 atom stereocenters. The number of amides is 2. The molecule has 0 aliphatic rings. The fourth-order valence-electron chi connectivity index (χ4n) is 2.58. The van der Waals surface area contributed by atoms with E-state index in [9.17, 15) is 9.59 Å². The third-order valence-electron chi connectivity index (χ3n) is 4.02. The van der Waals surface area contributed by atoms with Crippen molar-refractivity contribution >= 4 is 17.5 Å². The van der Waals surface area contributed by atoms with E-state index >= 15 is 0 Å². The summed E-state index contributed by atoms with van der Waals surface area (Å²) in [5.41, 5.74) is 2.84. The summed E-state index contributed by atoms with van der Waals surface area (Å²) in [6, 6.07) is 12.5. The highest BCUT2D eigenvalue weighted by atomic mass is 16.5. The van der Waals surface area contributed by atoms with E-state index in [0.29, 0.717) is 17.0 Å². The highest BCUT2D eigenvalue weighted by Gasteiger charge is 2.13. The van der Waals surface area contributed by atoms with Gasteiger partial charge in [-0.25, -0.2) is 0 Å². The van der Waals surface area contributed by atoms with Gasteiger partial charge in [0.25, 0.3) is 11.8 Å². The number of carbonyl (C=O) groups excluding carboxylic acids is 2. The van der Waals surface area contributed by atoms with Gasteiger partial charge < -0.3 is 15.4 Å². The van der Waals surface area contributed by atoms with Gasteiger partial charge >= 0.3 is 0 Å². The Morgan fingerprint density at radius 3 is 2.54 bits per heavy atom. The van der Waals surface area contributed by atoms with Gasteiger partial charge in [-0.15, -0.1) is 0 Å². The van der Waals surface area contributed by atoms with Crippen molar-refractivity contribution in [1.29, 1.82) is 0 Å². The van der Waals surface area contributed by atoms with Crippen molar-refractivity contribution < 1.29 is 14.3 Å². The van der Waals surface area contributed by atoms with E-state index in [4.69, 9.17) is 4.74 Å². The van der Waals surface area contributed by atoms with Gasteiger partial charge in [0.2, 0.25) is 0 Å². The topological polar surface area (TPSA) is 93.2 Å². The molecule has 0 bridgehead atoms. The van der Waals surface area contributed by atoms with Crippen LogP contribution in [-0.2, 0) is 6.54 Å². The summed E-state index contributed by atoms with van der Waals surface area (Å²) in [6.07, 6.45) is 4.48. The van der Waals surface area contributed by atoms with Gasteiger partial charge in [-0.2, -0.15) is 0 Å². The van der Waals surface area contributed by atoms with Crippen LogP contribution in [0.4, 0.5) is 5.69 Å². The van der Waals surface area contributed by atoms with Crippen LogP contribution in [0.3, 0.4) is 0 Å². The number of ether oxygens (including phenoxy) is 1. The molecule has 0 saturated carbocycles. The number of aryl methyl sites for hydroxylation is 1. The molecule has 0 unspecified atom stereocenters. The number of nitrogens with zero attached hydrogens (tertiary/aromatic N) is 2. The van der Waals surface area contributed by atoms with Crippen molar-refractivity contribution in [1.82, 2.24) is 15.3 Å². The molecule has 2 N–H and O–H groups in total. The first kappa shape index (κ1) is 19.0. The molecule has 0 saturated heterocycles. The molecule has 3 rings (SSSR count). The van der Waals surface area contributed by atoms with Crippen LogP contribution in [0.5, 0.6) is 5.75 Å².